The first-order valence-corrected chi connectivity index (χ1v) is 11.1. The number of hydrogen-bond donors (Lipinski definition) is 1. The van der Waals surface area contributed by atoms with Gasteiger partial charge in [0.1, 0.15) is 4.88 Å². The maximum atomic E-state index is 12.7. The molecule has 1 aromatic heterocycles. The van der Waals surface area contributed by atoms with Crippen molar-refractivity contribution in [1.82, 2.24) is 4.98 Å². The molecule has 2 amide bonds. The van der Waals surface area contributed by atoms with Gasteiger partial charge in [0.05, 0.1) is 17.1 Å². The molecule has 0 atom stereocenters. The molecule has 2 aromatic carbocycles. The van der Waals surface area contributed by atoms with Crippen LogP contribution in [0.5, 0.6) is 0 Å². The van der Waals surface area contributed by atoms with Crippen molar-refractivity contribution in [3.63, 3.8) is 0 Å². The highest BCUT2D eigenvalue weighted by molar-refractivity contribution is 7.13. The minimum Gasteiger partial charge on any atom is -0.321 e. The van der Waals surface area contributed by atoms with Gasteiger partial charge in [0.15, 0.2) is 0 Å². The van der Waals surface area contributed by atoms with E-state index in [2.05, 4.69) is 17.2 Å². The second-order valence-electron chi connectivity index (χ2n) is 7.07. The van der Waals surface area contributed by atoms with E-state index >= 15 is 0 Å². The average molecular weight is 422 g/mol. The lowest BCUT2D eigenvalue weighted by Crippen LogP contribution is -2.31. The zero-order valence-electron chi connectivity index (χ0n) is 17.6. The minimum absolute atomic E-state index is 0.0456. The predicted molar refractivity (Wildman–Crippen MR) is 123 cm³/mol. The van der Waals surface area contributed by atoms with Gasteiger partial charge in [-0.05, 0) is 56.5 Å². The van der Waals surface area contributed by atoms with Gasteiger partial charge in [-0.25, -0.2) is 4.98 Å². The number of hydrogen-bond acceptors (Lipinski definition) is 4. The summed E-state index contributed by atoms with van der Waals surface area (Å²) in [5, 5.41) is 3.92. The zero-order chi connectivity index (χ0) is 21.5. The molecule has 0 saturated heterocycles. The van der Waals surface area contributed by atoms with Gasteiger partial charge in [0.25, 0.3) is 5.91 Å². The average Bonchev–Trinajstić information content (AvgIpc) is 3.11. The summed E-state index contributed by atoms with van der Waals surface area (Å²) in [5.41, 5.74) is 3.28. The quantitative estimate of drug-likeness (QED) is 0.540. The Kier molecular flexibility index (Phi) is 7.36. The summed E-state index contributed by atoms with van der Waals surface area (Å²) in [7, 11) is 0. The van der Waals surface area contributed by atoms with E-state index in [0.29, 0.717) is 23.5 Å². The van der Waals surface area contributed by atoms with Crippen LogP contribution in [0, 0.1) is 6.92 Å². The Morgan fingerprint density at radius 1 is 1.03 bits per heavy atom. The molecule has 0 unspecified atom stereocenters. The number of likely N-dealkylation sites (N-methyl/N-ethyl adjacent to an activating group) is 1. The van der Waals surface area contributed by atoms with Crippen molar-refractivity contribution in [3.8, 4) is 0 Å². The van der Waals surface area contributed by atoms with Gasteiger partial charge in [-0.2, -0.15) is 0 Å². The number of aromatic nitrogens is 1. The normalized spacial score (nSPS) is 10.6. The monoisotopic (exact) mass is 421 g/mol. The Morgan fingerprint density at radius 3 is 2.37 bits per heavy atom. The maximum absolute atomic E-state index is 12.7. The number of rotatable bonds is 8. The molecular weight excluding hydrogens is 394 g/mol. The lowest BCUT2D eigenvalue weighted by atomic mass is 10.1. The Balaban J connectivity index is 1.63. The van der Waals surface area contributed by atoms with Gasteiger partial charge >= 0.3 is 0 Å². The number of aryl methyl sites for hydroxylation is 2. The SMILES string of the molecule is CCCc1nc(C)c(C(=O)Nc2ccc(CC(=O)N(CC)c3ccccc3)cc2)s1. The van der Waals surface area contributed by atoms with E-state index in [0.717, 1.165) is 34.8 Å². The molecule has 0 saturated carbocycles. The number of nitrogens with zero attached hydrogens (tertiary/aromatic N) is 2. The number of carbonyl (C=O) groups is 2. The van der Waals surface area contributed by atoms with Crippen LogP contribution in [-0.4, -0.2) is 23.3 Å². The summed E-state index contributed by atoms with van der Waals surface area (Å²) in [5.74, 6) is -0.0957. The number of para-hydroxylation sites is 1. The van der Waals surface area contributed by atoms with Crippen LogP contribution in [0.4, 0.5) is 11.4 Å². The van der Waals surface area contributed by atoms with Crippen molar-refractivity contribution >= 4 is 34.5 Å². The highest BCUT2D eigenvalue weighted by atomic mass is 32.1. The minimum atomic E-state index is -0.141. The molecule has 3 rings (SSSR count). The van der Waals surface area contributed by atoms with Gasteiger partial charge in [0.2, 0.25) is 5.91 Å². The molecule has 5 nitrogen and oxygen atoms in total. The van der Waals surface area contributed by atoms with Crippen LogP contribution in [-0.2, 0) is 17.6 Å². The third kappa shape index (κ3) is 5.33. The van der Waals surface area contributed by atoms with E-state index in [1.165, 1.54) is 11.3 Å². The number of amides is 2. The van der Waals surface area contributed by atoms with Crippen LogP contribution < -0.4 is 10.2 Å². The lowest BCUT2D eigenvalue weighted by Gasteiger charge is -2.21. The highest BCUT2D eigenvalue weighted by Gasteiger charge is 2.16. The molecule has 0 aliphatic heterocycles. The van der Waals surface area contributed by atoms with Crippen LogP contribution in [0.25, 0.3) is 0 Å². The second-order valence-corrected chi connectivity index (χ2v) is 8.16. The molecule has 0 fully saturated rings. The van der Waals surface area contributed by atoms with Crippen LogP contribution >= 0.6 is 11.3 Å². The van der Waals surface area contributed by atoms with Crippen LogP contribution in [0.1, 0.15) is 46.2 Å². The highest BCUT2D eigenvalue weighted by Crippen LogP contribution is 2.21. The maximum Gasteiger partial charge on any atom is 0.267 e. The molecule has 0 radical (unpaired) electrons. The van der Waals surface area contributed by atoms with Crippen LogP contribution in [0.15, 0.2) is 54.6 Å². The summed E-state index contributed by atoms with van der Waals surface area (Å²) < 4.78 is 0. The molecular formula is C24H27N3O2S. The zero-order valence-corrected chi connectivity index (χ0v) is 18.5. The first-order valence-electron chi connectivity index (χ1n) is 10.2. The molecule has 3 aromatic rings. The number of carbonyl (C=O) groups excluding carboxylic acids is 2. The van der Waals surface area contributed by atoms with Gasteiger partial charge in [-0.15, -0.1) is 11.3 Å². The van der Waals surface area contributed by atoms with E-state index in [1.54, 1.807) is 4.90 Å². The summed E-state index contributed by atoms with van der Waals surface area (Å²) in [6.45, 7) is 6.55. The molecule has 156 valence electrons. The molecule has 6 heteroatoms. The van der Waals surface area contributed by atoms with Crippen molar-refractivity contribution < 1.29 is 9.59 Å². The van der Waals surface area contributed by atoms with E-state index in [-0.39, 0.29) is 11.8 Å². The van der Waals surface area contributed by atoms with Crippen molar-refractivity contribution in [3.05, 3.63) is 75.7 Å². The standard InChI is InChI=1S/C24H27N3O2S/c1-4-9-21-25-17(3)23(30-21)24(29)26-19-14-12-18(13-15-19)16-22(28)27(5-2)20-10-7-6-8-11-20/h6-8,10-15H,4-5,9,16H2,1-3H3,(H,26,29). The smallest absolute Gasteiger partial charge is 0.267 e. The summed E-state index contributed by atoms with van der Waals surface area (Å²) in [6.07, 6.45) is 2.21. The summed E-state index contributed by atoms with van der Waals surface area (Å²) >= 11 is 1.45. The van der Waals surface area contributed by atoms with Gasteiger partial charge in [0, 0.05) is 17.9 Å². The van der Waals surface area contributed by atoms with Crippen molar-refractivity contribution in [1.29, 1.82) is 0 Å². The topological polar surface area (TPSA) is 62.3 Å². The molecule has 0 aliphatic carbocycles. The van der Waals surface area contributed by atoms with E-state index in [4.69, 9.17) is 0 Å². The summed E-state index contributed by atoms with van der Waals surface area (Å²) in [4.78, 5) is 32.2. The van der Waals surface area contributed by atoms with Gasteiger partial charge in [-0.3, -0.25) is 9.59 Å². The molecule has 1 heterocycles. The Labute approximate surface area is 181 Å². The number of anilines is 2. The lowest BCUT2D eigenvalue weighted by molar-refractivity contribution is -0.117. The van der Waals surface area contributed by atoms with Crippen molar-refractivity contribution in [2.24, 2.45) is 0 Å². The fraction of sp³-hybridized carbons (Fsp3) is 0.292. The van der Waals surface area contributed by atoms with Crippen molar-refractivity contribution in [2.75, 3.05) is 16.8 Å². The fourth-order valence-electron chi connectivity index (χ4n) is 3.26. The molecule has 1 N–H and O–H groups in total. The van der Waals surface area contributed by atoms with E-state index in [9.17, 15) is 9.59 Å². The molecule has 30 heavy (non-hydrogen) atoms. The van der Waals surface area contributed by atoms with Crippen molar-refractivity contribution in [2.45, 2.75) is 40.0 Å². The third-order valence-electron chi connectivity index (χ3n) is 4.76. The fourth-order valence-corrected chi connectivity index (χ4v) is 4.32. The Hall–Kier alpha value is -2.99. The molecule has 0 spiro atoms. The second kappa shape index (κ2) is 10.2. The van der Waals surface area contributed by atoms with Gasteiger partial charge < -0.3 is 10.2 Å². The molecule has 0 aliphatic rings. The van der Waals surface area contributed by atoms with Crippen LogP contribution in [0.2, 0.25) is 0 Å². The predicted octanol–water partition coefficient (Wildman–Crippen LogP) is 5.25. The van der Waals surface area contributed by atoms with Gasteiger partial charge in [-0.1, -0.05) is 37.3 Å². The first-order chi connectivity index (χ1) is 14.5. The van der Waals surface area contributed by atoms with E-state index in [1.807, 2.05) is 68.4 Å². The largest absolute Gasteiger partial charge is 0.321 e. The number of nitrogens with one attached hydrogen (secondary N) is 1. The van der Waals surface area contributed by atoms with E-state index < -0.39 is 0 Å². The van der Waals surface area contributed by atoms with Crippen LogP contribution in [0.3, 0.4) is 0 Å². The molecule has 0 bridgehead atoms. The number of thiazole rings is 1. The number of benzene rings is 2. The Morgan fingerprint density at radius 2 is 1.73 bits per heavy atom. The third-order valence-corrected chi connectivity index (χ3v) is 5.98. The Bertz CT molecular complexity index is 997. The first kappa shape index (κ1) is 21.7. The summed E-state index contributed by atoms with van der Waals surface area (Å²) in [6, 6.07) is 17.1.